The van der Waals surface area contributed by atoms with Crippen LogP contribution in [0.4, 0.5) is 0 Å². The molecule has 1 heterocycles. The summed E-state index contributed by atoms with van der Waals surface area (Å²) in [4.78, 5) is 2.27. The molecule has 16 heavy (non-hydrogen) atoms. The van der Waals surface area contributed by atoms with Crippen molar-refractivity contribution in [3.05, 3.63) is 29.8 Å². The normalized spacial score (nSPS) is 26.1. The second-order valence-electron chi connectivity index (χ2n) is 4.61. The molecule has 1 aromatic carbocycles. The van der Waals surface area contributed by atoms with E-state index >= 15 is 0 Å². The van der Waals surface area contributed by atoms with Gasteiger partial charge in [-0.2, -0.15) is 0 Å². The van der Waals surface area contributed by atoms with E-state index in [0.717, 1.165) is 31.5 Å². The summed E-state index contributed by atoms with van der Waals surface area (Å²) < 4.78 is 0. The van der Waals surface area contributed by atoms with Crippen molar-refractivity contribution in [2.75, 3.05) is 19.6 Å². The van der Waals surface area contributed by atoms with Crippen LogP contribution in [0.15, 0.2) is 24.3 Å². The molecular weight excluding hydrogens is 202 g/mol. The molecule has 88 valence electrons. The minimum Gasteiger partial charge on any atom is -0.508 e. The average Bonchev–Trinajstić information content (AvgIpc) is 2.62. The molecule has 0 aromatic heterocycles. The Morgan fingerprint density at radius 1 is 1.44 bits per heavy atom. The number of phenols is 1. The van der Waals surface area contributed by atoms with E-state index in [-0.39, 0.29) is 5.75 Å². The molecule has 1 aliphatic heterocycles. The van der Waals surface area contributed by atoms with Crippen LogP contribution in [0.2, 0.25) is 0 Å². The summed E-state index contributed by atoms with van der Waals surface area (Å²) in [6.07, 6.45) is 1.85. The SMILES string of the molecule is CCCN1CCC(O)(c2cccc(O)c2)C1. The number of likely N-dealkylation sites (tertiary alicyclic amines) is 1. The van der Waals surface area contributed by atoms with Crippen molar-refractivity contribution >= 4 is 0 Å². The van der Waals surface area contributed by atoms with Gasteiger partial charge in [0.05, 0.1) is 0 Å². The van der Waals surface area contributed by atoms with E-state index in [1.54, 1.807) is 18.2 Å². The van der Waals surface area contributed by atoms with Crippen molar-refractivity contribution in [3.63, 3.8) is 0 Å². The first-order valence-electron chi connectivity index (χ1n) is 5.88. The third kappa shape index (κ3) is 2.20. The molecule has 1 fully saturated rings. The molecule has 0 bridgehead atoms. The number of aliphatic hydroxyl groups is 1. The van der Waals surface area contributed by atoms with Crippen LogP contribution < -0.4 is 0 Å². The van der Waals surface area contributed by atoms with Crippen molar-refractivity contribution in [3.8, 4) is 5.75 Å². The van der Waals surface area contributed by atoms with Crippen molar-refractivity contribution in [2.24, 2.45) is 0 Å². The van der Waals surface area contributed by atoms with Crippen molar-refractivity contribution in [1.82, 2.24) is 4.90 Å². The maximum atomic E-state index is 10.5. The van der Waals surface area contributed by atoms with Crippen LogP contribution in [-0.2, 0) is 5.60 Å². The summed E-state index contributed by atoms with van der Waals surface area (Å²) in [5.41, 5.74) is 0.0413. The molecule has 3 nitrogen and oxygen atoms in total. The minimum absolute atomic E-state index is 0.222. The van der Waals surface area contributed by atoms with Crippen molar-refractivity contribution < 1.29 is 10.2 Å². The molecule has 0 saturated carbocycles. The van der Waals surface area contributed by atoms with Crippen LogP contribution in [-0.4, -0.2) is 34.7 Å². The molecule has 1 atom stereocenters. The van der Waals surface area contributed by atoms with E-state index in [2.05, 4.69) is 11.8 Å². The summed E-state index contributed by atoms with van der Waals surface area (Å²) in [5, 5.41) is 20.0. The summed E-state index contributed by atoms with van der Waals surface area (Å²) in [6.45, 7) is 4.77. The molecule has 0 radical (unpaired) electrons. The van der Waals surface area contributed by atoms with Gasteiger partial charge < -0.3 is 15.1 Å². The molecule has 2 N–H and O–H groups in total. The molecule has 2 rings (SSSR count). The predicted molar refractivity (Wildman–Crippen MR) is 63.4 cm³/mol. The smallest absolute Gasteiger partial charge is 0.115 e. The zero-order chi connectivity index (χ0) is 11.6. The predicted octanol–water partition coefficient (Wildman–Crippen LogP) is 1.70. The van der Waals surface area contributed by atoms with E-state index in [9.17, 15) is 10.2 Å². The largest absolute Gasteiger partial charge is 0.508 e. The molecule has 0 aliphatic carbocycles. The highest BCUT2D eigenvalue weighted by Gasteiger charge is 2.37. The number of aromatic hydroxyl groups is 1. The topological polar surface area (TPSA) is 43.7 Å². The Bertz CT molecular complexity index is 367. The lowest BCUT2D eigenvalue weighted by Crippen LogP contribution is -2.31. The molecular formula is C13H19NO2. The second kappa shape index (κ2) is 4.44. The zero-order valence-corrected chi connectivity index (χ0v) is 9.69. The Hall–Kier alpha value is -1.06. The highest BCUT2D eigenvalue weighted by molar-refractivity contribution is 5.32. The lowest BCUT2D eigenvalue weighted by molar-refractivity contribution is 0.0459. The second-order valence-corrected chi connectivity index (χ2v) is 4.61. The monoisotopic (exact) mass is 221 g/mol. The first-order chi connectivity index (χ1) is 7.64. The molecule has 1 aliphatic rings. The van der Waals surface area contributed by atoms with Crippen LogP contribution in [0.1, 0.15) is 25.3 Å². The van der Waals surface area contributed by atoms with Gasteiger partial charge >= 0.3 is 0 Å². The lowest BCUT2D eigenvalue weighted by Gasteiger charge is -2.24. The van der Waals surface area contributed by atoms with Gasteiger partial charge in [0.2, 0.25) is 0 Å². The fraction of sp³-hybridized carbons (Fsp3) is 0.538. The Kier molecular flexibility index (Phi) is 3.17. The summed E-state index contributed by atoms with van der Waals surface area (Å²) in [6, 6.07) is 6.96. The Labute approximate surface area is 96.3 Å². The van der Waals surface area contributed by atoms with E-state index in [0.29, 0.717) is 6.54 Å². The van der Waals surface area contributed by atoms with Crippen LogP contribution in [0.25, 0.3) is 0 Å². The molecule has 0 amide bonds. The van der Waals surface area contributed by atoms with Crippen LogP contribution in [0.5, 0.6) is 5.75 Å². The highest BCUT2D eigenvalue weighted by atomic mass is 16.3. The summed E-state index contributed by atoms with van der Waals surface area (Å²) >= 11 is 0. The van der Waals surface area contributed by atoms with Gasteiger partial charge in [-0.05, 0) is 37.1 Å². The van der Waals surface area contributed by atoms with Gasteiger partial charge in [0.15, 0.2) is 0 Å². The molecule has 1 saturated heterocycles. The van der Waals surface area contributed by atoms with Crippen molar-refractivity contribution in [2.45, 2.75) is 25.4 Å². The highest BCUT2D eigenvalue weighted by Crippen LogP contribution is 2.33. The number of phenolic OH excluding ortho intramolecular Hbond substituents is 1. The number of rotatable bonds is 3. The molecule has 1 aromatic rings. The molecule has 3 heteroatoms. The average molecular weight is 221 g/mol. The molecule has 0 spiro atoms. The summed E-state index contributed by atoms with van der Waals surface area (Å²) in [7, 11) is 0. The first kappa shape index (κ1) is 11.4. The van der Waals surface area contributed by atoms with Gasteiger partial charge in [-0.3, -0.25) is 0 Å². The van der Waals surface area contributed by atoms with E-state index in [1.165, 1.54) is 0 Å². The van der Waals surface area contributed by atoms with E-state index in [1.807, 2.05) is 6.07 Å². The fourth-order valence-electron chi connectivity index (χ4n) is 2.41. The quantitative estimate of drug-likeness (QED) is 0.816. The van der Waals surface area contributed by atoms with Gasteiger partial charge in [0.25, 0.3) is 0 Å². The maximum absolute atomic E-state index is 10.5. The third-order valence-electron chi connectivity index (χ3n) is 3.25. The van der Waals surface area contributed by atoms with Gasteiger partial charge in [-0.15, -0.1) is 0 Å². The first-order valence-corrected chi connectivity index (χ1v) is 5.88. The number of β-amino-alcohol motifs (C(OH)–C–C–N with tert-alkyl or cyclic N) is 1. The number of benzene rings is 1. The van der Waals surface area contributed by atoms with Gasteiger partial charge in [0, 0.05) is 13.1 Å². The van der Waals surface area contributed by atoms with Gasteiger partial charge in [-0.1, -0.05) is 19.1 Å². The lowest BCUT2D eigenvalue weighted by atomic mass is 9.93. The number of nitrogens with zero attached hydrogens (tertiary/aromatic N) is 1. The Morgan fingerprint density at radius 2 is 2.25 bits per heavy atom. The standard InChI is InChI=1S/C13H19NO2/c1-2-7-14-8-6-13(16,10-14)11-4-3-5-12(15)9-11/h3-5,9,15-16H,2,6-8,10H2,1H3. The fourth-order valence-corrected chi connectivity index (χ4v) is 2.41. The number of hydrogen-bond acceptors (Lipinski definition) is 3. The Morgan fingerprint density at radius 3 is 2.94 bits per heavy atom. The number of hydrogen-bond donors (Lipinski definition) is 2. The zero-order valence-electron chi connectivity index (χ0n) is 9.69. The third-order valence-corrected chi connectivity index (χ3v) is 3.25. The van der Waals surface area contributed by atoms with Crippen LogP contribution in [0, 0.1) is 0 Å². The molecule has 1 unspecified atom stereocenters. The van der Waals surface area contributed by atoms with Gasteiger partial charge in [0.1, 0.15) is 11.4 Å². The Balaban J connectivity index is 2.15. The van der Waals surface area contributed by atoms with Gasteiger partial charge in [-0.25, -0.2) is 0 Å². The summed E-state index contributed by atoms with van der Waals surface area (Å²) in [5.74, 6) is 0.222. The maximum Gasteiger partial charge on any atom is 0.115 e. The minimum atomic E-state index is -0.784. The van der Waals surface area contributed by atoms with Crippen LogP contribution in [0.3, 0.4) is 0 Å². The van der Waals surface area contributed by atoms with Crippen LogP contribution >= 0.6 is 0 Å². The van der Waals surface area contributed by atoms with E-state index in [4.69, 9.17) is 0 Å². The van der Waals surface area contributed by atoms with Crippen molar-refractivity contribution in [1.29, 1.82) is 0 Å². The van der Waals surface area contributed by atoms with E-state index < -0.39 is 5.60 Å².